The third-order valence-electron chi connectivity index (χ3n) is 4.19. The molecule has 0 bridgehead atoms. The van der Waals surface area contributed by atoms with Gasteiger partial charge in [-0.3, -0.25) is 4.79 Å². The van der Waals surface area contributed by atoms with Crippen molar-refractivity contribution in [3.05, 3.63) is 29.8 Å². The van der Waals surface area contributed by atoms with E-state index in [2.05, 4.69) is 0 Å². The maximum absolute atomic E-state index is 12.7. The number of amides is 1. The van der Waals surface area contributed by atoms with Gasteiger partial charge in [0.25, 0.3) is 0 Å². The predicted molar refractivity (Wildman–Crippen MR) is 79.1 cm³/mol. The van der Waals surface area contributed by atoms with Crippen LogP contribution >= 0.6 is 0 Å². The number of carbonyl (C=O) groups is 1. The largest absolute Gasteiger partial charge is 0.327 e. The summed E-state index contributed by atoms with van der Waals surface area (Å²) in [4.78, 5) is 14.4. The van der Waals surface area contributed by atoms with E-state index in [1.807, 2.05) is 38.2 Å². The number of rotatable bonds is 2. The average molecular weight is 260 g/mol. The van der Waals surface area contributed by atoms with Crippen molar-refractivity contribution in [2.24, 2.45) is 11.7 Å². The van der Waals surface area contributed by atoms with Crippen molar-refractivity contribution in [2.75, 3.05) is 11.9 Å². The summed E-state index contributed by atoms with van der Waals surface area (Å²) >= 11 is 0. The molecule has 2 atom stereocenters. The van der Waals surface area contributed by atoms with Gasteiger partial charge in [0.1, 0.15) is 0 Å². The normalized spacial score (nSPS) is 23.7. The molecule has 2 unspecified atom stereocenters. The zero-order valence-corrected chi connectivity index (χ0v) is 11.9. The van der Waals surface area contributed by atoms with Crippen molar-refractivity contribution in [1.82, 2.24) is 0 Å². The lowest BCUT2D eigenvalue weighted by molar-refractivity contribution is -0.122. The van der Waals surface area contributed by atoms with Crippen LogP contribution in [-0.4, -0.2) is 19.0 Å². The lowest BCUT2D eigenvalue weighted by Gasteiger charge is -2.27. The second-order valence-electron chi connectivity index (χ2n) is 5.59. The van der Waals surface area contributed by atoms with Gasteiger partial charge in [-0.25, -0.2) is 0 Å². The summed E-state index contributed by atoms with van der Waals surface area (Å²) in [5.41, 5.74) is 8.30. The van der Waals surface area contributed by atoms with E-state index in [-0.39, 0.29) is 17.9 Å². The van der Waals surface area contributed by atoms with Crippen LogP contribution in [-0.2, 0) is 4.79 Å². The Labute approximate surface area is 115 Å². The minimum atomic E-state index is -0.0212. The Balaban J connectivity index is 2.16. The van der Waals surface area contributed by atoms with Gasteiger partial charge in [0, 0.05) is 18.8 Å². The summed E-state index contributed by atoms with van der Waals surface area (Å²) in [6, 6.07) is 8.01. The van der Waals surface area contributed by atoms with E-state index in [0.29, 0.717) is 0 Å². The number of carbonyl (C=O) groups excluding carboxylic acids is 1. The maximum Gasteiger partial charge on any atom is 0.231 e. The Morgan fingerprint density at radius 2 is 1.89 bits per heavy atom. The van der Waals surface area contributed by atoms with Gasteiger partial charge in [0.2, 0.25) is 5.91 Å². The summed E-state index contributed by atoms with van der Waals surface area (Å²) in [5.74, 6) is 0.149. The molecular formula is C16H24N2O. The van der Waals surface area contributed by atoms with Crippen molar-refractivity contribution in [3.63, 3.8) is 0 Å². The Morgan fingerprint density at radius 3 is 2.63 bits per heavy atom. The number of anilines is 1. The molecule has 2 N–H and O–H groups in total. The van der Waals surface area contributed by atoms with E-state index in [4.69, 9.17) is 5.73 Å². The highest BCUT2D eigenvalue weighted by Crippen LogP contribution is 2.26. The van der Waals surface area contributed by atoms with E-state index in [1.54, 1.807) is 4.90 Å². The molecule has 1 aromatic carbocycles. The van der Waals surface area contributed by atoms with Gasteiger partial charge in [0.15, 0.2) is 0 Å². The number of benzene rings is 1. The molecule has 1 aromatic rings. The standard InChI is InChI=1S/C16H24N2O/c1-12-8-6-7-11-15(12)18(2)16(19)13-9-4-3-5-10-14(13)17/h6-8,11,13-14H,3-5,9-10,17H2,1-2H3. The first-order chi connectivity index (χ1) is 9.11. The predicted octanol–water partition coefficient (Wildman–Crippen LogP) is 2.87. The Hall–Kier alpha value is -1.35. The maximum atomic E-state index is 12.7. The second kappa shape index (κ2) is 6.20. The van der Waals surface area contributed by atoms with Gasteiger partial charge in [-0.15, -0.1) is 0 Å². The summed E-state index contributed by atoms with van der Waals surface area (Å²) < 4.78 is 0. The zero-order valence-electron chi connectivity index (χ0n) is 11.9. The van der Waals surface area contributed by atoms with Gasteiger partial charge < -0.3 is 10.6 Å². The number of nitrogens with zero attached hydrogens (tertiary/aromatic N) is 1. The van der Waals surface area contributed by atoms with Crippen molar-refractivity contribution >= 4 is 11.6 Å². The Morgan fingerprint density at radius 1 is 1.21 bits per heavy atom. The molecular weight excluding hydrogens is 236 g/mol. The molecule has 0 radical (unpaired) electrons. The molecule has 0 spiro atoms. The third-order valence-corrected chi connectivity index (χ3v) is 4.19. The molecule has 1 saturated carbocycles. The van der Waals surface area contributed by atoms with Gasteiger partial charge in [-0.1, -0.05) is 37.5 Å². The number of nitrogens with two attached hydrogens (primary N) is 1. The molecule has 0 aliphatic heterocycles. The van der Waals surface area contributed by atoms with Crippen LogP contribution in [0.1, 0.15) is 37.7 Å². The molecule has 19 heavy (non-hydrogen) atoms. The number of hydrogen-bond acceptors (Lipinski definition) is 2. The van der Waals surface area contributed by atoms with Crippen LogP contribution in [0.2, 0.25) is 0 Å². The first-order valence-corrected chi connectivity index (χ1v) is 7.20. The molecule has 3 nitrogen and oxygen atoms in total. The highest BCUT2D eigenvalue weighted by molar-refractivity contribution is 5.95. The number of aryl methyl sites for hydroxylation is 1. The fraction of sp³-hybridized carbons (Fsp3) is 0.562. The van der Waals surface area contributed by atoms with Crippen LogP contribution in [0.25, 0.3) is 0 Å². The van der Waals surface area contributed by atoms with Crippen molar-refractivity contribution in [3.8, 4) is 0 Å². The van der Waals surface area contributed by atoms with Gasteiger partial charge in [-0.05, 0) is 31.4 Å². The summed E-state index contributed by atoms with van der Waals surface area (Å²) in [7, 11) is 1.86. The summed E-state index contributed by atoms with van der Waals surface area (Å²) in [6.07, 6.45) is 5.37. The van der Waals surface area contributed by atoms with Crippen LogP contribution in [0.5, 0.6) is 0 Å². The molecule has 104 valence electrons. The monoisotopic (exact) mass is 260 g/mol. The first-order valence-electron chi connectivity index (χ1n) is 7.20. The van der Waals surface area contributed by atoms with Crippen molar-refractivity contribution in [1.29, 1.82) is 0 Å². The minimum Gasteiger partial charge on any atom is -0.327 e. The fourth-order valence-corrected chi connectivity index (χ4v) is 2.95. The van der Waals surface area contributed by atoms with E-state index in [9.17, 15) is 4.79 Å². The highest BCUT2D eigenvalue weighted by Gasteiger charge is 2.30. The molecule has 2 rings (SSSR count). The van der Waals surface area contributed by atoms with Gasteiger partial charge in [0.05, 0.1) is 5.92 Å². The van der Waals surface area contributed by atoms with E-state index in [1.165, 1.54) is 6.42 Å². The summed E-state index contributed by atoms with van der Waals surface area (Å²) in [5, 5.41) is 0. The van der Waals surface area contributed by atoms with E-state index < -0.39 is 0 Å². The average Bonchev–Trinajstić information content (AvgIpc) is 2.62. The van der Waals surface area contributed by atoms with Crippen molar-refractivity contribution in [2.45, 2.75) is 45.1 Å². The van der Waals surface area contributed by atoms with Crippen LogP contribution < -0.4 is 10.6 Å². The smallest absolute Gasteiger partial charge is 0.231 e. The topological polar surface area (TPSA) is 46.3 Å². The SMILES string of the molecule is Cc1ccccc1N(C)C(=O)C1CCCCCC1N. The van der Waals surface area contributed by atoms with E-state index in [0.717, 1.165) is 36.9 Å². The molecule has 1 fully saturated rings. The fourth-order valence-electron chi connectivity index (χ4n) is 2.95. The van der Waals surface area contributed by atoms with Crippen LogP contribution in [0.15, 0.2) is 24.3 Å². The second-order valence-corrected chi connectivity index (χ2v) is 5.59. The highest BCUT2D eigenvalue weighted by atomic mass is 16.2. The number of para-hydroxylation sites is 1. The molecule has 1 aliphatic carbocycles. The summed E-state index contributed by atoms with van der Waals surface area (Å²) in [6.45, 7) is 2.03. The van der Waals surface area contributed by atoms with E-state index >= 15 is 0 Å². The zero-order chi connectivity index (χ0) is 13.8. The quantitative estimate of drug-likeness (QED) is 0.831. The minimum absolute atomic E-state index is 0.0152. The molecule has 1 aliphatic rings. The van der Waals surface area contributed by atoms with Gasteiger partial charge >= 0.3 is 0 Å². The lowest BCUT2D eigenvalue weighted by atomic mass is 9.93. The third kappa shape index (κ3) is 3.16. The van der Waals surface area contributed by atoms with Crippen molar-refractivity contribution < 1.29 is 4.79 Å². The lowest BCUT2D eigenvalue weighted by Crippen LogP contribution is -2.42. The van der Waals surface area contributed by atoms with Gasteiger partial charge in [-0.2, -0.15) is 0 Å². The molecule has 1 amide bonds. The Kier molecular flexibility index (Phi) is 4.59. The van der Waals surface area contributed by atoms with Crippen LogP contribution in [0, 0.1) is 12.8 Å². The molecule has 0 saturated heterocycles. The molecule has 0 heterocycles. The first kappa shape index (κ1) is 14.1. The molecule has 3 heteroatoms. The number of hydrogen-bond donors (Lipinski definition) is 1. The molecule has 0 aromatic heterocycles. The van der Waals surface area contributed by atoms with Crippen LogP contribution in [0.4, 0.5) is 5.69 Å². The van der Waals surface area contributed by atoms with Crippen LogP contribution in [0.3, 0.4) is 0 Å². The Bertz CT molecular complexity index is 444.